The molecule has 2 N–H and O–H groups in total. The molecular formula is C13H13Cl2N3O2. The van der Waals surface area contributed by atoms with Crippen molar-refractivity contribution in [2.45, 2.75) is 12.6 Å². The SMILES string of the molecule is O=C(Cn1cccn1)NC[C@H](O)c1cc(Cl)cc(Cl)c1. The van der Waals surface area contributed by atoms with E-state index in [0.717, 1.165) is 0 Å². The van der Waals surface area contributed by atoms with E-state index < -0.39 is 6.10 Å². The van der Waals surface area contributed by atoms with E-state index >= 15 is 0 Å². The molecule has 1 amide bonds. The molecule has 2 rings (SSSR count). The Morgan fingerprint density at radius 2 is 2.05 bits per heavy atom. The quantitative estimate of drug-likeness (QED) is 0.887. The highest BCUT2D eigenvalue weighted by atomic mass is 35.5. The van der Waals surface area contributed by atoms with Crippen LogP contribution < -0.4 is 5.32 Å². The minimum atomic E-state index is -0.868. The highest BCUT2D eigenvalue weighted by Crippen LogP contribution is 2.23. The first-order valence-electron chi connectivity index (χ1n) is 5.93. The summed E-state index contributed by atoms with van der Waals surface area (Å²) in [6, 6.07) is 6.53. The Hall–Kier alpha value is -1.56. The van der Waals surface area contributed by atoms with Crippen LogP contribution in [-0.4, -0.2) is 27.3 Å². The summed E-state index contributed by atoms with van der Waals surface area (Å²) in [5, 5.41) is 17.4. The van der Waals surface area contributed by atoms with Gasteiger partial charge in [0, 0.05) is 29.0 Å². The third-order valence-corrected chi connectivity index (χ3v) is 3.06. The number of carbonyl (C=O) groups is 1. The molecular weight excluding hydrogens is 301 g/mol. The molecule has 0 saturated carbocycles. The van der Waals surface area contributed by atoms with Crippen LogP contribution in [0.1, 0.15) is 11.7 Å². The lowest BCUT2D eigenvalue weighted by molar-refractivity contribution is -0.122. The van der Waals surface area contributed by atoms with Crippen molar-refractivity contribution in [3.63, 3.8) is 0 Å². The average Bonchev–Trinajstić information content (AvgIpc) is 2.87. The molecule has 5 nitrogen and oxygen atoms in total. The first-order valence-corrected chi connectivity index (χ1v) is 6.68. The molecule has 0 aliphatic carbocycles. The molecule has 0 spiro atoms. The zero-order valence-corrected chi connectivity index (χ0v) is 12.0. The summed E-state index contributed by atoms with van der Waals surface area (Å²) < 4.78 is 1.50. The molecule has 7 heteroatoms. The Kier molecular flexibility index (Phi) is 5.00. The maximum Gasteiger partial charge on any atom is 0.241 e. The predicted molar refractivity (Wildman–Crippen MR) is 76.7 cm³/mol. The Balaban J connectivity index is 1.88. The van der Waals surface area contributed by atoms with Crippen LogP contribution in [0, 0.1) is 0 Å². The summed E-state index contributed by atoms with van der Waals surface area (Å²) in [7, 11) is 0. The van der Waals surface area contributed by atoms with E-state index in [9.17, 15) is 9.90 Å². The number of hydrogen-bond donors (Lipinski definition) is 2. The summed E-state index contributed by atoms with van der Waals surface area (Å²) in [4.78, 5) is 11.6. The van der Waals surface area contributed by atoms with Gasteiger partial charge >= 0.3 is 0 Å². The number of hydrogen-bond acceptors (Lipinski definition) is 3. The minimum absolute atomic E-state index is 0.0801. The number of aromatic nitrogens is 2. The Bertz CT molecular complexity index is 567. The van der Waals surface area contributed by atoms with E-state index in [1.807, 2.05) is 0 Å². The van der Waals surface area contributed by atoms with Gasteiger partial charge in [-0.1, -0.05) is 23.2 Å². The molecule has 0 fully saturated rings. The lowest BCUT2D eigenvalue weighted by Gasteiger charge is -2.13. The average molecular weight is 314 g/mol. The summed E-state index contributed by atoms with van der Waals surface area (Å²) in [5.74, 6) is -0.235. The first-order chi connectivity index (χ1) is 9.54. The van der Waals surface area contributed by atoms with Gasteiger partial charge in [0.25, 0.3) is 0 Å². The van der Waals surface area contributed by atoms with E-state index in [0.29, 0.717) is 15.6 Å². The fraction of sp³-hybridized carbons (Fsp3) is 0.231. The lowest BCUT2D eigenvalue weighted by Crippen LogP contribution is -2.31. The van der Waals surface area contributed by atoms with Crippen molar-refractivity contribution in [1.82, 2.24) is 15.1 Å². The Morgan fingerprint density at radius 3 is 2.65 bits per heavy atom. The van der Waals surface area contributed by atoms with Crippen molar-refractivity contribution >= 4 is 29.1 Å². The molecule has 20 heavy (non-hydrogen) atoms. The Labute approximate surface area is 126 Å². The number of rotatable bonds is 5. The van der Waals surface area contributed by atoms with Gasteiger partial charge in [0.05, 0.1) is 6.10 Å². The van der Waals surface area contributed by atoms with Gasteiger partial charge < -0.3 is 10.4 Å². The van der Waals surface area contributed by atoms with E-state index in [-0.39, 0.29) is 19.0 Å². The van der Waals surface area contributed by atoms with Crippen LogP contribution in [0.2, 0.25) is 10.0 Å². The van der Waals surface area contributed by atoms with Gasteiger partial charge in [0.15, 0.2) is 0 Å². The maximum atomic E-state index is 11.6. The largest absolute Gasteiger partial charge is 0.387 e. The first kappa shape index (κ1) is 14.8. The van der Waals surface area contributed by atoms with Crippen molar-refractivity contribution in [3.05, 3.63) is 52.3 Å². The third-order valence-electron chi connectivity index (χ3n) is 2.63. The molecule has 1 aromatic carbocycles. The molecule has 1 atom stereocenters. The number of halogens is 2. The normalized spacial score (nSPS) is 12.2. The van der Waals surface area contributed by atoms with Crippen molar-refractivity contribution in [2.24, 2.45) is 0 Å². The second-order valence-corrected chi connectivity index (χ2v) is 5.10. The summed E-state index contributed by atoms with van der Waals surface area (Å²) in [6.45, 7) is 0.187. The number of aliphatic hydroxyl groups is 1. The van der Waals surface area contributed by atoms with Gasteiger partial charge in [-0.25, -0.2) is 0 Å². The van der Waals surface area contributed by atoms with Gasteiger partial charge in [-0.05, 0) is 29.8 Å². The highest BCUT2D eigenvalue weighted by molar-refractivity contribution is 6.34. The van der Waals surface area contributed by atoms with Crippen molar-refractivity contribution in [1.29, 1.82) is 0 Å². The number of carbonyl (C=O) groups excluding carboxylic acids is 1. The van der Waals surface area contributed by atoms with Crippen LogP contribution in [0.15, 0.2) is 36.7 Å². The van der Waals surface area contributed by atoms with Crippen molar-refractivity contribution in [3.8, 4) is 0 Å². The molecule has 1 aromatic heterocycles. The molecule has 0 unspecified atom stereocenters. The number of nitrogens with one attached hydrogen (secondary N) is 1. The van der Waals surface area contributed by atoms with Crippen LogP contribution in [-0.2, 0) is 11.3 Å². The van der Waals surface area contributed by atoms with Crippen molar-refractivity contribution < 1.29 is 9.90 Å². The summed E-state index contributed by atoms with van der Waals surface area (Å²) in [6.07, 6.45) is 2.41. The second-order valence-electron chi connectivity index (χ2n) is 4.23. The summed E-state index contributed by atoms with van der Waals surface area (Å²) >= 11 is 11.7. The highest BCUT2D eigenvalue weighted by Gasteiger charge is 2.11. The maximum absolute atomic E-state index is 11.6. The molecule has 1 heterocycles. The van der Waals surface area contributed by atoms with Crippen LogP contribution in [0.4, 0.5) is 0 Å². The van der Waals surface area contributed by atoms with E-state index in [1.54, 1.807) is 36.7 Å². The third kappa shape index (κ3) is 4.23. The molecule has 0 aliphatic rings. The fourth-order valence-electron chi connectivity index (χ4n) is 1.69. The topological polar surface area (TPSA) is 67.2 Å². The second kappa shape index (κ2) is 6.74. The predicted octanol–water partition coefficient (Wildman–Crippen LogP) is 2.04. The van der Waals surface area contributed by atoms with Gasteiger partial charge in [-0.3, -0.25) is 9.48 Å². The number of nitrogens with zero attached hydrogens (tertiary/aromatic N) is 2. The molecule has 0 bridgehead atoms. The minimum Gasteiger partial charge on any atom is -0.387 e. The molecule has 0 radical (unpaired) electrons. The van der Waals surface area contributed by atoms with Crippen LogP contribution in [0.25, 0.3) is 0 Å². The van der Waals surface area contributed by atoms with Crippen LogP contribution in [0.3, 0.4) is 0 Å². The number of aliphatic hydroxyl groups excluding tert-OH is 1. The van der Waals surface area contributed by atoms with Gasteiger partial charge in [0.2, 0.25) is 5.91 Å². The zero-order valence-electron chi connectivity index (χ0n) is 10.5. The van der Waals surface area contributed by atoms with Gasteiger partial charge in [-0.2, -0.15) is 5.10 Å². The Morgan fingerprint density at radius 1 is 1.35 bits per heavy atom. The fourth-order valence-corrected chi connectivity index (χ4v) is 2.24. The van der Waals surface area contributed by atoms with Gasteiger partial charge in [-0.15, -0.1) is 0 Å². The molecule has 106 valence electrons. The molecule has 0 saturated heterocycles. The van der Waals surface area contributed by atoms with Gasteiger partial charge in [0.1, 0.15) is 6.54 Å². The zero-order chi connectivity index (χ0) is 14.5. The van der Waals surface area contributed by atoms with Crippen LogP contribution >= 0.6 is 23.2 Å². The van der Waals surface area contributed by atoms with E-state index in [2.05, 4.69) is 10.4 Å². The summed E-state index contributed by atoms with van der Waals surface area (Å²) in [5.41, 5.74) is 0.557. The number of amides is 1. The standard InChI is InChI=1S/C13H13Cl2N3O2/c14-10-4-9(5-11(15)6-10)12(19)7-16-13(20)8-18-3-1-2-17-18/h1-6,12,19H,7-8H2,(H,16,20)/t12-/m0/s1. The number of benzene rings is 1. The van der Waals surface area contributed by atoms with E-state index in [1.165, 1.54) is 4.68 Å². The lowest BCUT2D eigenvalue weighted by atomic mass is 10.1. The smallest absolute Gasteiger partial charge is 0.241 e. The van der Waals surface area contributed by atoms with Crippen molar-refractivity contribution in [2.75, 3.05) is 6.54 Å². The monoisotopic (exact) mass is 313 g/mol. The van der Waals surface area contributed by atoms with Crippen LogP contribution in [0.5, 0.6) is 0 Å². The van der Waals surface area contributed by atoms with E-state index in [4.69, 9.17) is 23.2 Å². The molecule has 0 aliphatic heterocycles. The molecule has 2 aromatic rings.